The standard InChI is InChI=1S/C16H22N2O2S/c1-13(18-9-3-2-4-10-18)12-17-16(20)15-8-7-14(21-15)6-5-11-19/h7-8,13,19H,2-4,9-12H2,1H3,(H,17,20). The molecule has 1 amide bonds. The van der Waals surface area contributed by atoms with Crippen LogP contribution in [0.4, 0.5) is 0 Å². The molecule has 0 bridgehead atoms. The molecule has 0 spiro atoms. The number of aliphatic hydroxyl groups is 1. The Morgan fingerprint density at radius 3 is 2.90 bits per heavy atom. The van der Waals surface area contributed by atoms with Crippen LogP contribution in [0, 0.1) is 11.8 Å². The predicted molar refractivity (Wildman–Crippen MR) is 85.5 cm³/mol. The first-order chi connectivity index (χ1) is 10.2. The SMILES string of the molecule is CC(CNC(=O)c1ccc(C#CCO)s1)N1CCCCC1. The summed E-state index contributed by atoms with van der Waals surface area (Å²) in [4.78, 5) is 16.0. The molecule has 1 unspecified atom stereocenters. The van der Waals surface area contributed by atoms with Crippen LogP contribution < -0.4 is 5.32 Å². The van der Waals surface area contributed by atoms with Crippen LogP contribution in [0.25, 0.3) is 0 Å². The van der Waals surface area contributed by atoms with Gasteiger partial charge >= 0.3 is 0 Å². The zero-order valence-electron chi connectivity index (χ0n) is 12.4. The number of nitrogens with one attached hydrogen (secondary N) is 1. The molecular weight excluding hydrogens is 284 g/mol. The molecule has 0 aromatic carbocycles. The average molecular weight is 306 g/mol. The summed E-state index contributed by atoms with van der Waals surface area (Å²) in [6.07, 6.45) is 3.84. The van der Waals surface area contributed by atoms with Crippen LogP contribution >= 0.6 is 11.3 Å². The van der Waals surface area contributed by atoms with Crippen LogP contribution in [0.3, 0.4) is 0 Å². The Bertz CT molecular complexity index is 524. The van der Waals surface area contributed by atoms with Gasteiger partial charge in [0, 0.05) is 12.6 Å². The summed E-state index contributed by atoms with van der Waals surface area (Å²) in [6, 6.07) is 3.98. The largest absolute Gasteiger partial charge is 0.384 e. The lowest BCUT2D eigenvalue weighted by Gasteiger charge is -2.32. The van der Waals surface area contributed by atoms with Crippen molar-refractivity contribution in [1.29, 1.82) is 0 Å². The monoisotopic (exact) mass is 306 g/mol. The highest BCUT2D eigenvalue weighted by molar-refractivity contribution is 7.14. The van der Waals surface area contributed by atoms with Crippen LogP contribution in [0.5, 0.6) is 0 Å². The number of aliphatic hydroxyl groups excluding tert-OH is 1. The highest BCUT2D eigenvalue weighted by atomic mass is 32.1. The molecule has 1 aromatic heterocycles. The second kappa shape index (κ2) is 8.18. The van der Waals surface area contributed by atoms with Gasteiger partial charge in [-0.1, -0.05) is 18.3 Å². The lowest BCUT2D eigenvalue weighted by molar-refractivity contribution is 0.0934. The molecule has 1 atom stereocenters. The van der Waals surface area contributed by atoms with Gasteiger partial charge in [0.05, 0.1) is 9.75 Å². The normalized spacial score (nSPS) is 16.9. The Balaban J connectivity index is 1.82. The van der Waals surface area contributed by atoms with Crippen molar-refractivity contribution in [3.63, 3.8) is 0 Å². The Hall–Kier alpha value is -1.35. The number of carbonyl (C=O) groups is 1. The van der Waals surface area contributed by atoms with Crippen LogP contribution in [0.1, 0.15) is 40.7 Å². The van der Waals surface area contributed by atoms with E-state index < -0.39 is 0 Å². The molecule has 0 radical (unpaired) electrons. The van der Waals surface area contributed by atoms with E-state index in [2.05, 4.69) is 29.0 Å². The minimum absolute atomic E-state index is 0.0408. The van der Waals surface area contributed by atoms with E-state index in [0.717, 1.165) is 18.0 Å². The van der Waals surface area contributed by atoms with Crippen LogP contribution in [-0.4, -0.2) is 48.2 Å². The van der Waals surface area contributed by atoms with E-state index in [-0.39, 0.29) is 12.5 Å². The third-order valence-corrected chi connectivity index (χ3v) is 4.69. The number of hydrogen-bond acceptors (Lipinski definition) is 4. The Labute approximate surface area is 130 Å². The van der Waals surface area contributed by atoms with Gasteiger partial charge in [0.1, 0.15) is 6.61 Å². The molecule has 2 heterocycles. The van der Waals surface area contributed by atoms with Gasteiger partial charge in [-0.3, -0.25) is 9.69 Å². The highest BCUT2D eigenvalue weighted by Gasteiger charge is 2.17. The number of rotatable bonds is 4. The second-order valence-corrected chi connectivity index (χ2v) is 6.36. The quantitative estimate of drug-likeness (QED) is 0.833. The van der Waals surface area contributed by atoms with E-state index >= 15 is 0 Å². The van der Waals surface area contributed by atoms with E-state index in [0.29, 0.717) is 17.5 Å². The van der Waals surface area contributed by atoms with Gasteiger partial charge < -0.3 is 10.4 Å². The Morgan fingerprint density at radius 2 is 2.19 bits per heavy atom. The van der Waals surface area contributed by atoms with Crippen molar-refractivity contribution in [3.8, 4) is 11.8 Å². The molecule has 21 heavy (non-hydrogen) atoms. The van der Waals surface area contributed by atoms with Crippen LogP contribution in [0.2, 0.25) is 0 Å². The lowest BCUT2D eigenvalue weighted by atomic mass is 10.1. The fourth-order valence-electron chi connectivity index (χ4n) is 2.47. The van der Waals surface area contributed by atoms with E-state index in [1.54, 1.807) is 6.07 Å². The van der Waals surface area contributed by atoms with Crippen molar-refractivity contribution in [2.24, 2.45) is 0 Å². The summed E-state index contributed by atoms with van der Waals surface area (Å²) in [5.74, 6) is 5.36. The number of hydrogen-bond donors (Lipinski definition) is 2. The summed E-state index contributed by atoms with van der Waals surface area (Å²) in [7, 11) is 0. The molecule has 1 saturated heterocycles. The molecule has 4 nitrogen and oxygen atoms in total. The Kier molecular flexibility index (Phi) is 6.24. The number of amides is 1. The molecule has 5 heteroatoms. The number of likely N-dealkylation sites (tertiary alicyclic amines) is 1. The van der Waals surface area contributed by atoms with Crippen molar-refractivity contribution in [1.82, 2.24) is 10.2 Å². The second-order valence-electron chi connectivity index (χ2n) is 5.28. The summed E-state index contributed by atoms with van der Waals surface area (Å²) >= 11 is 1.36. The fourth-order valence-corrected chi connectivity index (χ4v) is 3.27. The smallest absolute Gasteiger partial charge is 0.261 e. The first-order valence-electron chi connectivity index (χ1n) is 7.42. The van der Waals surface area contributed by atoms with Crippen molar-refractivity contribution in [2.45, 2.75) is 32.2 Å². The summed E-state index contributed by atoms with van der Waals surface area (Å²) in [5, 5.41) is 11.7. The van der Waals surface area contributed by atoms with Crippen LogP contribution in [0.15, 0.2) is 12.1 Å². The molecule has 1 aliphatic rings. The molecule has 1 aromatic rings. The third-order valence-electron chi connectivity index (χ3n) is 3.69. The third kappa shape index (κ3) is 4.85. The molecule has 2 N–H and O–H groups in total. The lowest BCUT2D eigenvalue weighted by Crippen LogP contribution is -2.44. The van der Waals surface area contributed by atoms with Gasteiger partial charge in [-0.2, -0.15) is 0 Å². The first kappa shape index (κ1) is 16.0. The van der Waals surface area contributed by atoms with Crippen molar-refractivity contribution in [2.75, 3.05) is 26.2 Å². The molecule has 2 rings (SSSR count). The minimum atomic E-state index is -0.160. The van der Waals surface area contributed by atoms with Gasteiger partial charge in [0.25, 0.3) is 5.91 Å². The summed E-state index contributed by atoms with van der Waals surface area (Å²) in [5.41, 5.74) is 0. The van der Waals surface area contributed by atoms with Gasteiger partial charge in [0.15, 0.2) is 0 Å². The predicted octanol–water partition coefficient (Wildman–Crippen LogP) is 1.70. The number of thiophene rings is 1. The maximum atomic E-state index is 12.1. The maximum absolute atomic E-state index is 12.1. The number of carbonyl (C=O) groups excluding carboxylic acids is 1. The summed E-state index contributed by atoms with van der Waals surface area (Å²) < 4.78 is 0. The molecule has 114 valence electrons. The number of piperidine rings is 1. The van der Waals surface area contributed by atoms with Gasteiger partial charge in [0.2, 0.25) is 0 Å². The van der Waals surface area contributed by atoms with Crippen molar-refractivity contribution < 1.29 is 9.90 Å². The van der Waals surface area contributed by atoms with E-state index in [4.69, 9.17) is 5.11 Å². The van der Waals surface area contributed by atoms with Gasteiger partial charge in [-0.25, -0.2) is 0 Å². The van der Waals surface area contributed by atoms with E-state index in [1.807, 2.05) is 6.07 Å². The molecule has 1 fully saturated rings. The van der Waals surface area contributed by atoms with E-state index in [9.17, 15) is 4.79 Å². The maximum Gasteiger partial charge on any atom is 0.261 e. The van der Waals surface area contributed by atoms with Crippen LogP contribution in [-0.2, 0) is 0 Å². The van der Waals surface area contributed by atoms with Gasteiger partial charge in [-0.05, 0) is 45.0 Å². The first-order valence-corrected chi connectivity index (χ1v) is 8.24. The van der Waals surface area contributed by atoms with E-state index in [1.165, 1.54) is 30.6 Å². The van der Waals surface area contributed by atoms with Crippen molar-refractivity contribution >= 4 is 17.2 Å². The summed E-state index contributed by atoms with van der Waals surface area (Å²) in [6.45, 7) is 4.95. The van der Waals surface area contributed by atoms with Gasteiger partial charge in [-0.15, -0.1) is 11.3 Å². The zero-order chi connectivity index (χ0) is 15.1. The number of nitrogens with zero attached hydrogens (tertiary/aromatic N) is 1. The molecule has 0 aliphatic carbocycles. The molecule has 1 aliphatic heterocycles. The average Bonchev–Trinajstić information content (AvgIpc) is 3.00. The molecule has 0 saturated carbocycles. The fraction of sp³-hybridized carbons (Fsp3) is 0.562. The Morgan fingerprint density at radius 1 is 1.43 bits per heavy atom. The highest BCUT2D eigenvalue weighted by Crippen LogP contribution is 2.15. The molecular formula is C16H22N2O2S. The van der Waals surface area contributed by atoms with Crippen molar-refractivity contribution in [3.05, 3.63) is 21.9 Å². The zero-order valence-corrected chi connectivity index (χ0v) is 13.2. The topological polar surface area (TPSA) is 52.6 Å². The minimum Gasteiger partial charge on any atom is -0.384 e.